The number of aryl methyl sites for hydroxylation is 2. The number of nitrogens with one attached hydrogen (secondary N) is 1. The minimum Gasteiger partial charge on any atom is -0.383 e. The third kappa shape index (κ3) is 3.62. The maximum atomic E-state index is 5.11. The molecule has 2 aromatic rings. The zero-order valence-corrected chi connectivity index (χ0v) is 12.5. The first kappa shape index (κ1) is 14.2. The van der Waals surface area contributed by atoms with Crippen LogP contribution in [-0.4, -0.2) is 25.2 Å². The molecule has 1 N–H and O–H groups in total. The second kappa shape index (κ2) is 6.80. The largest absolute Gasteiger partial charge is 0.383 e. The van der Waals surface area contributed by atoms with Gasteiger partial charge in [0.15, 0.2) is 0 Å². The van der Waals surface area contributed by atoms with E-state index in [1.807, 2.05) is 6.07 Å². The number of hydrogen-bond donors (Lipinski definition) is 1. The Morgan fingerprint density at radius 1 is 1.26 bits per heavy atom. The molecule has 0 radical (unpaired) electrons. The first-order chi connectivity index (χ1) is 9.22. The molecule has 102 valence electrons. The van der Waals surface area contributed by atoms with Gasteiger partial charge in [0, 0.05) is 18.5 Å². The molecule has 0 saturated heterocycles. The molecule has 3 nitrogen and oxygen atoms in total. The molecule has 0 bridgehead atoms. The Balaban J connectivity index is 2.23. The number of thiazole rings is 1. The predicted octanol–water partition coefficient (Wildman–Crippen LogP) is 3.09. The van der Waals surface area contributed by atoms with Crippen molar-refractivity contribution in [2.75, 3.05) is 20.3 Å². The fraction of sp³-hybridized carbons (Fsp3) is 0.400. The number of hydrogen-bond acceptors (Lipinski definition) is 4. The van der Waals surface area contributed by atoms with Crippen molar-refractivity contribution in [3.05, 3.63) is 51.5 Å². The van der Waals surface area contributed by atoms with Gasteiger partial charge in [-0.05, 0) is 19.4 Å². The predicted molar refractivity (Wildman–Crippen MR) is 79.8 cm³/mol. The molecular formula is C15H20N2OS. The molecule has 1 aromatic heterocycles. The molecule has 1 atom stereocenters. The minimum absolute atomic E-state index is 0.147. The van der Waals surface area contributed by atoms with Crippen molar-refractivity contribution in [3.8, 4) is 0 Å². The fourth-order valence-electron chi connectivity index (χ4n) is 1.92. The van der Waals surface area contributed by atoms with Gasteiger partial charge >= 0.3 is 0 Å². The lowest BCUT2D eigenvalue weighted by atomic mass is 10.1. The van der Waals surface area contributed by atoms with Gasteiger partial charge in [0.05, 0.1) is 18.3 Å². The number of aromatic nitrogens is 1. The van der Waals surface area contributed by atoms with Gasteiger partial charge in [-0.3, -0.25) is 0 Å². The first-order valence-corrected chi connectivity index (χ1v) is 7.25. The van der Waals surface area contributed by atoms with Crippen LogP contribution in [0.15, 0.2) is 30.3 Å². The van der Waals surface area contributed by atoms with Crippen molar-refractivity contribution in [2.24, 2.45) is 0 Å². The molecule has 1 aromatic carbocycles. The van der Waals surface area contributed by atoms with Gasteiger partial charge in [0.1, 0.15) is 5.01 Å². The third-order valence-corrected chi connectivity index (χ3v) is 4.22. The van der Waals surface area contributed by atoms with Gasteiger partial charge in [0.25, 0.3) is 0 Å². The smallest absolute Gasteiger partial charge is 0.115 e. The SMILES string of the molecule is COCCNC(c1ccccc1)c1nc(C)c(C)s1. The number of ether oxygens (including phenoxy) is 1. The normalized spacial score (nSPS) is 12.6. The van der Waals surface area contributed by atoms with Crippen LogP contribution in [0.1, 0.15) is 27.2 Å². The van der Waals surface area contributed by atoms with E-state index < -0.39 is 0 Å². The molecule has 0 aliphatic carbocycles. The fourth-order valence-corrected chi connectivity index (χ4v) is 2.95. The van der Waals surface area contributed by atoms with Gasteiger partial charge in [-0.2, -0.15) is 0 Å². The van der Waals surface area contributed by atoms with Gasteiger partial charge in [-0.1, -0.05) is 30.3 Å². The van der Waals surface area contributed by atoms with Gasteiger partial charge in [0.2, 0.25) is 0 Å². The first-order valence-electron chi connectivity index (χ1n) is 6.43. The molecule has 2 rings (SSSR count). The summed E-state index contributed by atoms with van der Waals surface area (Å²) < 4.78 is 5.11. The van der Waals surface area contributed by atoms with E-state index in [9.17, 15) is 0 Å². The lowest BCUT2D eigenvalue weighted by molar-refractivity contribution is 0.197. The Hall–Kier alpha value is -1.23. The summed E-state index contributed by atoms with van der Waals surface area (Å²) in [6.45, 7) is 5.70. The monoisotopic (exact) mass is 276 g/mol. The van der Waals surface area contributed by atoms with Gasteiger partial charge < -0.3 is 10.1 Å². The highest BCUT2D eigenvalue weighted by atomic mass is 32.1. The van der Waals surface area contributed by atoms with Crippen LogP contribution in [-0.2, 0) is 4.74 Å². The van der Waals surface area contributed by atoms with Gasteiger partial charge in [-0.15, -0.1) is 11.3 Å². The second-order valence-electron chi connectivity index (χ2n) is 4.48. The van der Waals surface area contributed by atoms with Crippen molar-refractivity contribution in [2.45, 2.75) is 19.9 Å². The Morgan fingerprint density at radius 3 is 2.58 bits per heavy atom. The molecule has 1 heterocycles. The summed E-state index contributed by atoms with van der Waals surface area (Å²) in [5, 5.41) is 4.64. The second-order valence-corrected chi connectivity index (χ2v) is 5.72. The van der Waals surface area contributed by atoms with E-state index in [-0.39, 0.29) is 6.04 Å². The maximum absolute atomic E-state index is 5.11. The van der Waals surface area contributed by atoms with E-state index in [0.717, 1.165) is 17.2 Å². The number of nitrogens with zero attached hydrogens (tertiary/aromatic N) is 1. The topological polar surface area (TPSA) is 34.1 Å². The van der Waals surface area contributed by atoms with E-state index >= 15 is 0 Å². The molecule has 4 heteroatoms. The Kier molecular flexibility index (Phi) is 5.07. The minimum atomic E-state index is 0.147. The molecule has 0 saturated carbocycles. The van der Waals surface area contributed by atoms with Crippen molar-refractivity contribution in [1.29, 1.82) is 0 Å². The van der Waals surface area contributed by atoms with E-state index in [1.54, 1.807) is 18.4 Å². The number of methoxy groups -OCH3 is 1. The van der Waals surface area contributed by atoms with Crippen LogP contribution < -0.4 is 5.32 Å². The molecule has 0 aliphatic heterocycles. The van der Waals surface area contributed by atoms with E-state index in [0.29, 0.717) is 6.61 Å². The van der Waals surface area contributed by atoms with Crippen molar-refractivity contribution >= 4 is 11.3 Å². The van der Waals surface area contributed by atoms with Crippen LogP contribution in [0.25, 0.3) is 0 Å². The summed E-state index contributed by atoms with van der Waals surface area (Å²) >= 11 is 1.76. The van der Waals surface area contributed by atoms with E-state index in [4.69, 9.17) is 4.74 Å². The molecule has 0 amide bonds. The van der Waals surface area contributed by atoms with E-state index in [2.05, 4.69) is 48.4 Å². The lowest BCUT2D eigenvalue weighted by Gasteiger charge is -2.16. The summed E-state index contributed by atoms with van der Waals surface area (Å²) in [7, 11) is 1.72. The maximum Gasteiger partial charge on any atom is 0.115 e. The van der Waals surface area contributed by atoms with Crippen LogP contribution >= 0.6 is 11.3 Å². The Morgan fingerprint density at radius 2 is 2.00 bits per heavy atom. The van der Waals surface area contributed by atoms with Crippen LogP contribution in [0.5, 0.6) is 0 Å². The Labute approximate surface area is 118 Å². The van der Waals surface area contributed by atoms with Crippen LogP contribution in [0.2, 0.25) is 0 Å². The molecule has 0 spiro atoms. The van der Waals surface area contributed by atoms with Crippen LogP contribution in [0.4, 0.5) is 0 Å². The molecule has 1 unspecified atom stereocenters. The quantitative estimate of drug-likeness (QED) is 0.823. The summed E-state index contributed by atoms with van der Waals surface area (Å²) in [4.78, 5) is 5.96. The third-order valence-electron chi connectivity index (χ3n) is 3.08. The Bertz CT molecular complexity index is 491. The molecule has 0 fully saturated rings. The summed E-state index contributed by atoms with van der Waals surface area (Å²) in [6, 6.07) is 10.6. The lowest BCUT2D eigenvalue weighted by Crippen LogP contribution is -2.25. The van der Waals surface area contributed by atoms with Crippen molar-refractivity contribution in [1.82, 2.24) is 10.3 Å². The summed E-state index contributed by atoms with van der Waals surface area (Å²) in [6.07, 6.45) is 0. The molecule has 0 aliphatic rings. The average Bonchev–Trinajstić information content (AvgIpc) is 2.75. The summed E-state index contributed by atoms with van der Waals surface area (Å²) in [5.41, 5.74) is 2.36. The highest BCUT2D eigenvalue weighted by Gasteiger charge is 2.17. The number of benzene rings is 1. The van der Waals surface area contributed by atoms with Crippen LogP contribution in [0.3, 0.4) is 0 Å². The highest BCUT2D eigenvalue weighted by molar-refractivity contribution is 7.11. The average molecular weight is 276 g/mol. The molecular weight excluding hydrogens is 256 g/mol. The zero-order valence-electron chi connectivity index (χ0n) is 11.6. The van der Waals surface area contributed by atoms with Crippen LogP contribution in [0, 0.1) is 13.8 Å². The van der Waals surface area contributed by atoms with Crippen molar-refractivity contribution < 1.29 is 4.74 Å². The highest BCUT2D eigenvalue weighted by Crippen LogP contribution is 2.27. The van der Waals surface area contributed by atoms with Crippen molar-refractivity contribution in [3.63, 3.8) is 0 Å². The van der Waals surface area contributed by atoms with E-state index in [1.165, 1.54) is 10.4 Å². The standard InChI is InChI=1S/C15H20N2OS/c1-11-12(2)19-15(17-11)14(16-9-10-18-3)13-7-5-4-6-8-13/h4-8,14,16H,9-10H2,1-3H3. The molecule has 19 heavy (non-hydrogen) atoms. The summed E-state index contributed by atoms with van der Waals surface area (Å²) in [5.74, 6) is 0. The van der Waals surface area contributed by atoms with Gasteiger partial charge in [-0.25, -0.2) is 4.98 Å². The number of rotatable bonds is 6. The zero-order chi connectivity index (χ0) is 13.7.